The van der Waals surface area contributed by atoms with E-state index in [9.17, 15) is 4.79 Å². The Morgan fingerprint density at radius 3 is 2.75 bits per heavy atom. The lowest BCUT2D eigenvalue weighted by Gasteiger charge is -2.36. The van der Waals surface area contributed by atoms with Gasteiger partial charge in [0.05, 0.1) is 12.7 Å². The molecule has 5 fully saturated rings. The van der Waals surface area contributed by atoms with Crippen LogP contribution >= 0.6 is 0 Å². The first-order chi connectivity index (χ1) is 13.7. The fraction of sp³-hybridized carbons (Fsp3) is 0.850. The molecule has 1 N–H and O–H groups in total. The van der Waals surface area contributed by atoms with E-state index >= 15 is 0 Å². The van der Waals surface area contributed by atoms with E-state index in [1.807, 2.05) is 10.9 Å². The number of fused-ring (bicyclic) bond motifs is 4. The molecule has 4 aliphatic heterocycles. The number of rotatable bonds is 6. The first-order valence-electron chi connectivity index (χ1n) is 11.1. The van der Waals surface area contributed by atoms with Crippen molar-refractivity contribution in [2.45, 2.75) is 38.3 Å². The second-order valence-electron chi connectivity index (χ2n) is 9.16. The van der Waals surface area contributed by atoms with Gasteiger partial charge in [0.25, 0.3) is 5.91 Å². The molecule has 1 aromatic rings. The number of nitrogens with one attached hydrogen (secondary N) is 1. The van der Waals surface area contributed by atoms with Crippen LogP contribution in [0.2, 0.25) is 0 Å². The standard InChI is InChI=1S/C20H33N7O/c28-20(19-15-27(23-22-19)10-9-24-7-5-21-6-8-24)26-13-17-3-4-18(14-26)25(12-17)11-16-1-2-16/h15-18,21H,1-14H2/t17-,18-/m1/s1. The van der Waals surface area contributed by atoms with E-state index < -0.39 is 0 Å². The molecule has 0 spiro atoms. The van der Waals surface area contributed by atoms with Crippen LogP contribution in [0.1, 0.15) is 36.2 Å². The number of carbonyl (C=O) groups is 1. The maximum absolute atomic E-state index is 13.1. The molecule has 1 aliphatic carbocycles. The second kappa shape index (κ2) is 8.08. The van der Waals surface area contributed by atoms with Crippen molar-refractivity contribution < 1.29 is 4.79 Å². The summed E-state index contributed by atoms with van der Waals surface area (Å²) >= 11 is 0. The van der Waals surface area contributed by atoms with E-state index in [0.29, 0.717) is 17.7 Å². The van der Waals surface area contributed by atoms with Gasteiger partial charge in [0.1, 0.15) is 0 Å². The van der Waals surface area contributed by atoms with E-state index in [1.165, 1.54) is 38.8 Å². The van der Waals surface area contributed by atoms with Crippen LogP contribution in [0.3, 0.4) is 0 Å². The van der Waals surface area contributed by atoms with Gasteiger partial charge in [-0.3, -0.25) is 19.3 Å². The number of amides is 1. The number of hydrogen-bond donors (Lipinski definition) is 1. The summed E-state index contributed by atoms with van der Waals surface area (Å²) in [4.78, 5) is 20.3. The summed E-state index contributed by atoms with van der Waals surface area (Å²) in [7, 11) is 0. The molecular formula is C20H33N7O. The van der Waals surface area contributed by atoms with Crippen LogP contribution in [-0.2, 0) is 6.54 Å². The van der Waals surface area contributed by atoms with Crippen molar-refractivity contribution in [1.29, 1.82) is 0 Å². The average molecular weight is 388 g/mol. The van der Waals surface area contributed by atoms with Crippen LogP contribution in [0, 0.1) is 11.8 Å². The van der Waals surface area contributed by atoms with Crippen LogP contribution in [0.5, 0.6) is 0 Å². The van der Waals surface area contributed by atoms with Gasteiger partial charge in [-0.25, -0.2) is 0 Å². The smallest absolute Gasteiger partial charge is 0.276 e. The minimum absolute atomic E-state index is 0.0681. The van der Waals surface area contributed by atoms with Gasteiger partial charge >= 0.3 is 0 Å². The monoisotopic (exact) mass is 387 g/mol. The molecule has 8 nitrogen and oxygen atoms in total. The Morgan fingerprint density at radius 1 is 1.07 bits per heavy atom. The van der Waals surface area contributed by atoms with Gasteiger partial charge in [-0.2, -0.15) is 0 Å². The topological polar surface area (TPSA) is 69.5 Å². The SMILES string of the molecule is O=C(c1cn(CCN2CCNCC2)nn1)N1C[C@@H]2CC[C@H](C1)N(CC1CC1)C2. The predicted molar refractivity (Wildman–Crippen MR) is 106 cm³/mol. The highest BCUT2D eigenvalue weighted by Gasteiger charge is 2.39. The van der Waals surface area contributed by atoms with Crippen molar-refractivity contribution in [2.75, 3.05) is 58.9 Å². The summed E-state index contributed by atoms with van der Waals surface area (Å²) in [5, 5.41) is 11.8. The molecule has 28 heavy (non-hydrogen) atoms. The number of piperidine rings is 1. The molecule has 2 bridgehead atoms. The molecule has 0 unspecified atom stereocenters. The first-order valence-corrected chi connectivity index (χ1v) is 11.1. The van der Waals surface area contributed by atoms with Gasteiger partial charge in [-0.1, -0.05) is 5.21 Å². The highest BCUT2D eigenvalue weighted by molar-refractivity contribution is 5.92. The summed E-state index contributed by atoms with van der Waals surface area (Å²) in [6.45, 7) is 10.2. The zero-order chi connectivity index (χ0) is 18.9. The number of carbonyl (C=O) groups excluding carboxylic acids is 1. The van der Waals surface area contributed by atoms with Gasteiger partial charge in [0.2, 0.25) is 0 Å². The van der Waals surface area contributed by atoms with Crippen LogP contribution in [0.25, 0.3) is 0 Å². The lowest BCUT2D eigenvalue weighted by Crippen LogP contribution is -2.45. The molecule has 154 valence electrons. The molecular weight excluding hydrogens is 354 g/mol. The van der Waals surface area contributed by atoms with Crippen LogP contribution < -0.4 is 5.32 Å². The molecule has 0 aromatic carbocycles. The Kier molecular flexibility index (Phi) is 5.34. The Balaban J connectivity index is 1.18. The van der Waals surface area contributed by atoms with Crippen molar-refractivity contribution in [2.24, 2.45) is 11.8 Å². The largest absolute Gasteiger partial charge is 0.335 e. The lowest BCUT2D eigenvalue weighted by atomic mass is 9.95. The molecule has 1 saturated carbocycles. The highest BCUT2D eigenvalue weighted by Crippen LogP contribution is 2.35. The Labute approximate surface area is 167 Å². The van der Waals surface area contributed by atoms with Crippen molar-refractivity contribution in [3.8, 4) is 0 Å². The highest BCUT2D eigenvalue weighted by atomic mass is 16.2. The van der Waals surface area contributed by atoms with E-state index in [0.717, 1.165) is 58.3 Å². The van der Waals surface area contributed by atoms with Crippen LogP contribution in [0.15, 0.2) is 6.20 Å². The van der Waals surface area contributed by atoms with Crippen molar-refractivity contribution >= 4 is 5.91 Å². The van der Waals surface area contributed by atoms with Crippen molar-refractivity contribution in [3.63, 3.8) is 0 Å². The third-order valence-corrected chi connectivity index (χ3v) is 6.92. The summed E-state index contributed by atoms with van der Waals surface area (Å²) in [6, 6.07) is 0.533. The van der Waals surface area contributed by atoms with Gasteiger partial charge in [0.15, 0.2) is 5.69 Å². The zero-order valence-corrected chi connectivity index (χ0v) is 16.8. The number of hydrogen-bond acceptors (Lipinski definition) is 6. The number of aromatic nitrogens is 3. The van der Waals surface area contributed by atoms with Gasteiger partial charge < -0.3 is 10.2 Å². The lowest BCUT2D eigenvalue weighted by molar-refractivity contribution is 0.0730. The van der Waals surface area contributed by atoms with Gasteiger partial charge in [-0.15, -0.1) is 5.10 Å². The molecule has 1 aromatic heterocycles. The minimum Gasteiger partial charge on any atom is -0.335 e. The number of piperazine rings is 1. The summed E-state index contributed by atoms with van der Waals surface area (Å²) in [5.41, 5.74) is 0.510. The Bertz CT molecular complexity index is 682. The molecule has 4 saturated heterocycles. The van der Waals surface area contributed by atoms with Crippen LogP contribution in [0.4, 0.5) is 0 Å². The Morgan fingerprint density at radius 2 is 1.93 bits per heavy atom. The van der Waals surface area contributed by atoms with Crippen molar-refractivity contribution in [3.05, 3.63) is 11.9 Å². The summed E-state index contributed by atoms with van der Waals surface area (Å²) < 4.78 is 1.83. The fourth-order valence-electron chi connectivity index (χ4n) is 5.05. The van der Waals surface area contributed by atoms with Crippen LogP contribution in [-0.4, -0.2) is 101 Å². The summed E-state index contributed by atoms with van der Waals surface area (Å²) in [6.07, 6.45) is 7.13. The predicted octanol–water partition coefficient (Wildman–Crippen LogP) is 0.130. The van der Waals surface area contributed by atoms with E-state index in [1.54, 1.807) is 0 Å². The molecule has 8 heteroatoms. The molecule has 5 aliphatic rings. The third kappa shape index (κ3) is 4.23. The summed E-state index contributed by atoms with van der Waals surface area (Å²) in [5.74, 6) is 1.60. The van der Waals surface area contributed by atoms with Gasteiger partial charge in [-0.05, 0) is 37.5 Å². The molecule has 2 atom stereocenters. The maximum Gasteiger partial charge on any atom is 0.276 e. The minimum atomic E-state index is 0.0681. The number of nitrogens with zero attached hydrogens (tertiary/aromatic N) is 6. The van der Waals surface area contributed by atoms with Gasteiger partial charge in [0, 0.05) is 64.9 Å². The fourth-order valence-corrected chi connectivity index (χ4v) is 5.05. The average Bonchev–Trinajstić information content (AvgIpc) is 3.48. The van der Waals surface area contributed by atoms with E-state index in [-0.39, 0.29) is 5.91 Å². The third-order valence-electron chi connectivity index (χ3n) is 6.92. The Hall–Kier alpha value is -1.51. The normalized spacial score (nSPS) is 29.2. The second-order valence-corrected chi connectivity index (χ2v) is 9.16. The van der Waals surface area contributed by atoms with Crippen molar-refractivity contribution in [1.82, 2.24) is 35.0 Å². The van der Waals surface area contributed by atoms with E-state index in [4.69, 9.17) is 0 Å². The molecule has 6 rings (SSSR count). The first kappa shape index (κ1) is 18.5. The quantitative estimate of drug-likeness (QED) is 0.748. The molecule has 5 heterocycles. The van der Waals surface area contributed by atoms with E-state index in [2.05, 4.69) is 30.3 Å². The molecule has 0 radical (unpaired) electrons. The maximum atomic E-state index is 13.1. The zero-order valence-electron chi connectivity index (χ0n) is 16.8. The molecule has 1 amide bonds.